The van der Waals surface area contributed by atoms with Gasteiger partial charge in [-0.3, -0.25) is 4.79 Å². The van der Waals surface area contributed by atoms with Crippen molar-refractivity contribution >= 4 is 5.78 Å². The van der Waals surface area contributed by atoms with E-state index < -0.39 is 0 Å². The third-order valence-electron chi connectivity index (χ3n) is 2.40. The lowest BCUT2D eigenvalue weighted by atomic mass is 10.1. The van der Waals surface area contributed by atoms with Crippen molar-refractivity contribution in [3.63, 3.8) is 0 Å². The van der Waals surface area contributed by atoms with Crippen LogP contribution in [-0.4, -0.2) is 5.78 Å². The zero-order valence-corrected chi connectivity index (χ0v) is 8.10. The standard InChI is InChI=1S/C11H18O/c1-3-4-5-6-10-7-9(2)8-11(10)12/h7,9H,3-6,8H2,1-2H3. The molecule has 12 heavy (non-hydrogen) atoms. The molecule has 0 aromatic carbocycles. The number of carbonyl (C=O) groups excluding carboxylic acids is 1. The molecule has 0 saturated carbocycles. The first-order valence-electron chi connectivity index (χ1n) is 4.98. The molecule has 0 bridgehead atoms. The molecule has 0 fully saturated rings. The van der Waals surface area contributed by atoms with Crippen molar-refractivity contribution in [2.24, 2.45) is 5.92 Å². The predicted octanol–water partition coefficient (Wildman–Crippen LogP) is 3.10. The number of rotatable bonds is 4. The van der Waals surface area contributed by atoms with Gasteiger partial charge in [0.15, 0.2) is 5.78 Å². The van der Waals surface area contributed by atoms with Crippen LogP contribution in [0.3, 0.4) is 0 Å². The molecule has 0 heterocycles. The topological polar surface area (TPSA) is 17.1 Å². The van der Waals surface area contributed by atoms with Crippen LogP contribution in [0.1, 0.15) is 46.0 Å². The first-order chi connectivity index (χ1) is 5.74. The summed E-state index contributed by atoms with van der Waals surface area (Å²) < 4.78 is 0. The van der Waals surface area contributed by atoms with Crippen molar-refractivity contribution in [1.82, 2.24) is 0 Å². The lowest BCUT2D eigenvalue weighted by molar-refractivity contribution is -0.115. The minimum atomic E-state index is 0.388. The normalized spacial score (nSPS) is 23.0. The van der Waals surface area contributed by atoms with Crippen molar-refractivity contribution in [3.05, 3.63) is 11.6 Å². The Morgan fingerprint density at radius 1 is 1.50 bits per heavy atom. The number of Topliss-reactive ketones (excluding diaryl/α,β-unsaturated/α-hetero) is 1. The number of ketones is 1. The summed E-state index contributed by atoms with van der Waals surface area (Å²) in [4.78, 5) is 11.3. The quantitative estimate of drug-likeness (QED) is 0.586. The second-order valence-corrected chi connectivity index (χ2v) is 3.75. The maximum Gasteiger partial charge on any atom is 0.159 e. The van der Waals surface area contributed by atoms with Crippen LogP contribution >= 0.6 is 0 Å². The van der Waals surface area contributed by atoms with Gasteiger partial charge < -0.3 is 0 Å². The predicted molar refractivity (Wildman–Crippen MR) is 51.0 cm³/mol. The molecule has 0 aromatic rings. The van der Waals surface area contributed by atoms with Gasteiger partial charge in [0, 0.05) is 6.42 Å². The number of allylic oxidation sites excluding steroid dienone is 2. The van der Waals surface area contributed by atoms with Gasteiger partial charge in [-0.15, -0.1) is 0 Å². The van der Waals surface area contributed by atoms with Crippen LogP contribution in [0, 0.1) is 5.92 Å². The van der Waals surface area contributed by atoms with E-state index in [9.17, 15) is 4.79 Å². The van der Waals surface area contributed by atoms with E-state index in [0.717, 1.165) is 18.4 Å². The second kappa shape index (κ2) is 4.44. The molecule has 1 aliphatic carbocycles. The zero-order valence-electron chi connectivity index (χ0n) is 8.10. The average Bonchev–Trinajstić information content (AvgIpc) is 2.31. The Balaban J connectivity index is 2.31. The maximum absolute atomic E-state index is 11.3. The molecule has 1 aliphatic rings. The third kappa shape index (κ3) is 2.47. The summed E-state index contributed by atoms with van der Waals surface area (Å²) in [5.74, 6) is 0.882. The van der Waals surface area contributed by atoms with E-state index in [1.165, 1.54) is 19.3 Å². The fraction of sp³-hybridized carbons (Fsp3) is 0.727. The van der Waals surface area contributed by atoms with Gasteiger partial charge in [0.1, 0.15) is 0 Å². The fourth-order valence-electron chi connectivity index (χ4n) is 1.71. The van der Waals surface area contributed by atoms with Crippen LogP contribution in [0.25, 0.3) is 0 Å². The van der Waals surface area contributed by atoms with Crippen molar-refractivity contribution in [1.29, 1.82) is 0 Å². The Morgan fingerprint density at radius 2 is 2.25 bits per heavy atom. The summed E-state index contributed by atoms with van der Waals surface area (Å²) in [5, 5.41) is 0. The minimum Gasteiger partial charge on any atom is -0.295 e. The van der Waals surface area contributed by atoms with E-state index in [0.29, 0.717) is 11.7 Å². The summed E-state index contributed by atoms with van der Waals surface area (Å²) in [6, 6.07) is 0. The molecule has 0 aromatic heterocycles. The lowest BCUT2D eigenvalue weighted by Gasteiger charge is -1.98. The van der Waals surface area contributed by atoms with Gasteiger partial charge in [0.05, 0.1) is 0 Å². The zero-order chi connectivity index (χ0) is 8.97. The molecule has 0 spiro atoms. The lowest BCUT2D eigenvalue weighted by Crippen LogP contribution is -1.96. The van der Waals surface area contributed by atoms with Gasteiger partial charge in [-0.1, -0.05) is 32.8 Å². The van der Waals surface area contributed by atoms with Crippen molar-refractivity contribution in [3.8, 4) is 0 Å². The molecular weight excluding hydrogens is 148 g/mol. The van der Waals surface area contributed by atoms with Crippen LogP contribution in [0.5, 0.6) is 0 Å². The summed E-state index contributed by atoms with van der Waals surface area (Å²) in [6.45, 7) is 4.30. The van der Waals surface area contributed by atoms with Gasteiger partial charge >= 0.3 is 0 Å². The van der Waals surface area contributed by atoms with E-state index in [4.69, 9.17) is 0 Å². The maximum atomic E-state index is 11.3. The van der Waals surface area contributed by atoms with Crippen molar-refractivity contribution in [2.75, 3.05) is 0 Å². The number of carbonyl (C=O) groups is 1. The van der Waals surface area contributed by atoms with E-state index in [2.05, 4.69) is 19.9 Å². The first-order valence-corrected chi connectivity index (χ1v) is 4.98. The molecule has 0 aliphatic heterocycles. The Kier molecular flexibility index (Phi) is 3.51. The Labute approximate surface area is 74.9 Å². The van der Waals surface area contributed by atoms with Crippen LogP contribution in [-0.2, 0) is 4.79 Å². The second-order valence-electron chi connectivity index (χ2n) is 3.75. The molecule has 1 atom stereocenters. The average molecular weight is 166 g/mol. The Morgan fingerprint density at radius 3 is 2.75 bits per heavy atom. The fourth-order valence-corrected chi connectivity index (χ4v) is 1.71. The SMILES string of the molecule is CCCCCC1=CC(C)CC1=O. The summed E-state index contributed by atoms with van der Waals surface area (Å²) >= 11 is 0. The van der Waals surface area contributed by atoms with Gasteiger partial charge in [-0.05, 0) is 24.3 Å². The van der Waals surface area contributed by atoms with E-state index in [1.54, 1.807) is 0 Å². The van der Waals surface area contributed by atoms with Gasteiger partial charge in [0.25, 0.3) is 0 Å². The number of unbranched alkanes of at least 4 members (excludes halogenated alkanes) is 2. The van der Waals surface area contributed by atoms with E-state index >= 15 is 0 Å². The Bertz CT molecular complexity index is 191. The monoisotopic (exact) mass is 166 g/mol. The molecule has 0 radical (unpaired) electrons. The molecule has 1 rings (SSSR count). The highest BCUT2D eigenvalue weighted by Crippen LogP contribution is 2.24. The highest BCUT2D eigenvalue weighted by atomic mass is 16.1. The van der Waals surface area contributed by atoms with Crippen molar-refractivity contribution < 1.29 is 4.79 Å². The smallest absolute Gasteiger partial charge is 0.159 e. The Hall–Kier alpha value is -0.590. The van der Waals surface area contributed by atoms with Crippen LogP contribution in [0.2, 0.25) is 0 Å². The number of hydrogen-bond acceptors (Lipinski definition) is 1. The summed E-state index contributed by atoms with van der Waals surface area (Å²) in [7, 11) is 0. The third-order valence-corrected chi connectivity index (χ3v) is 2.40. The molecule has 0 amide bonds. The van der Waals surface area contributed by atoms with E-state index in [-0.39, 0.29) is 0 Å². The van der Waals surface area contributed by atoms with Gasteiger partial charge in [-0.2, -0.15) is 0 Å². The minimum absolute atomic E-state index is 0.388. The molecule has 1 heteroatoms. The highest BCUT2D eigenvalue weighted by molar-refractivity contribution is 5.97. The molecule has 1 nitrogen and oxygen atoms in total. The van der Waals surface area contributed by atoms with E-state index in [1.807, 2.05) is 0 Å². The largest absolute Gasteiger partial charge is 0.295 e. The molecule has 68 valence electrons. The van der Waals surface area contributed by atoms with Crippen LogP contribution in [0.15, 0.2) is 11.6 Å². The number of hydrogen-bond donors (Lipinski definition) is 0. The van der Waals surface area contributed by atoms with Gasteiger partial charge in [0.2, 0.25) is 0 Å². The van der Waals surface area contributed by atoms with Gasteiger partial charge in [-0.25, -0.2) is 0 Å². The first kappa shape index (κ1) is 9.50. The molecule has 0 saturated heterocycles. The highest BCUT2D eigenvalue weighted by Gasteiger charge is 2.19. The van der Waals surface area contributed by atoms with Crippen LogP contribution < -0.4 is 0 Å². The summed E-state index contributed by atoms with van der Waals surface area (Å²) in [5.41, 5.74) is 1.09. The molecule has 0 N–H and O–H groups in total. The summed E-state index contributed by atoms with van der Waals surface area (Å²) in [6.07, 6.45) is 7.58. The molecular formula is C11H18O. The van der Waals surface area contributed by atoms with Crippen LogP contribution in [0.4, 0.5) is 0 Å². The molecule has 1 unspecified atom stereocenters. The van der Waals surface area contributed by atoms with Crippen molar-refractivity contribution in [2.45, 2.75) is 46.0 Å².